The number of hydrogen-bond acceptors (Lipinski definition) is 4. The third-order valence-corrected chi connectivity index (χ3v) is 5.78. The van der Waals surface area contributed by atoms with Gasteiger partial charge >= 0.3 is 0 Å². The van der Waals surface area contributed by atoms with Gasteiger partial charge in [-0.05, 0) is 23.6 Å². The van der Waals surface area contributed by atoms with Crippen molar-refractivity contribution in [1.29, 1.82) is 0 Å². The predicted octanol–water partition coefficient (Wildman–Crippen LogP) is 4.43. The van der Waals surface area contributed by atoms with Crippen molar-refractivity contribution in [3.8, 4) is 0 Å². The molecule has 3 aromatic rings. The molecule has 1 N–H and O–H groups in total. The Morgan fingerprint density at radius 1 is 1.04 bits per heavy atom. The van der Waals surface area contributed by atoms with Crippen molar-refractivity contribution in [3.05, 3.63) is 72.8 Å². The van der Waals surface area contributed by atoms with E-state index in [0.29, 0.717) is 5.17 Å². The van der Waals surface area contributed by atoms with Crippen molar-refractivity contribution in [2.24, 2.45) is 4.99 Å². The van der Waals surface area contributed by atoms with Gasteiger partial charge < -0.3 is 5.32 Å². The molecule has 140 valence electrons. The van der Waals surface area contributed by atoms with Crippen molar-refractivity contribution < 1.29 is 9.59 Å². The van der Waals surface area contributed by atoms with Crippen LogP contribution in [0.3, 0.4) is 0 Å². The summed E-state index contributed by atoms with van der Waals surface area (Å²) in [6.45, 7) is 0. The van der Waals surface area contributed by atoms with Crippen molar-refractivity contribution >= 4 is 50.9 Å². The second-order valence-corrected chi connectivity index (χ2v) is 7.68. The summed E-state index contributed by atoms with van der Waals surface area (Å²) in [5.41, 5.74) is 1.54. The highest BCUT2D eigenvalue weighted by Gasteiger charge is 2.37. The van der Waals surface area contributed by atoms with Crippen LogP contribution in [0.4, 0.5) is 11.4 Å². The number of benzene rings is 3. The molecular formula is C22H19N3O2S. The Kier molecular flexibility index (Phi) is 5.12. The van der Waals surface area contributed by atoms with E-state index in [1.54, 1.807) is 7.05 Å². The normalized spacial score (nSPS) is 18.0. The number of anilines is 1. The Labute approximate surface area is 167 Å². The number of fused-ring (bicyclic) bond motifs is 1. The number of thioether (sulfide) groups is 1. The van der Waals surface area contributed by atoms with E-state index in [0.717, 1.165) is 22.1 Å². The summed E-state index contributed by atoms with van der Waals surface area (Å²) < 4.78 is 0. The molecule has 0 unspecified atom stereocenters. The number of aliphatic imine (C=N–C) groups is 1. The molecule has 1 saturated heterocycles. The van der Waals surface area contributed by atoms with Gasteiger partial charge in [-0.15, -0.1) is 0 Å². The van der Waals surface area contributed by atoms with E-state index in [9.17, 15) is 9.59 Å². The number of nitrogens with one attached hydrogen (secondary N) is 1. The number of para-hydroxylation sites is 1. The zero-order valence-electron chi connectivity index (χ0n) is 15.3. The number of nitrogens with zero attached hydrogens (tertiary/aromatic N) is 2. The first kappa shape index (κ1) is 18.3. The van der Waals surface area contributed by atoms with Gasteiger partial charge in [0.2, 0.25) is 11.8 Å². The largest absolute Gasteiger partial charge is 0.326 e. The van der Waals surface area contributed by atoms with E-state index < -0.39 is 5.25 Å². The van der Waals surface area contributed by atoms with Gasteiger partial charge in [-0.2, -0.15) is 0 Å². The second-order valence-electron chi connectivity index (χ2n) is 6.51. The first-order valence-electron chi connectivity index (χ1n) is 8.97. The third-order valence-electron chi connectivity index (χ3n) is 4.55. The molecule has 2 amide bonds. The van der Waals surface area contributed by atoms with E-state index in [1.165, 1.54) is 16.7 Å². The molecule has 4 rings (SSSR count). The molecule has 1 aliphatic rings. The minimum atomic E-state index is -0.470. The first-order chi connectivity index (χ1) is 13.6. The summed E-state index contributed by atoms with van der Waals surface area (Å²) in [7, 11) is 1.70. The molecule has 3 aromatic carbocycles. The first-order valence-corrected chi connectivity index (χ1v) is 9.85. The maximum atomic E-state index is 12.6. The van der Waals surface area contributed by atoms with Crippen LogP contribution in [-0.4, -0.2) is 34.2 Å². The Morgan fingerprint density at radius 3 is 2.57 bits per heavy atom. The maximum absolute atomic E-state index is 12.6. The molecule has 1 aliphatic heterocycles. The summed E-state index contributed by atoms with van der Waals surface area (Å²) in [5, 5.41) is 5.10. The lowest BCUT2D eigenvalue weighted by Crippen LogP contribution is -2.30. The lowest BCUT2D eigenvalue weighted by Gasteiger charge is -2.09. The highest BCUT2D eigenvalue weighted by Crippen LogP contribution is 2.33. The average Bonchev–Trinajstić information content (AvgIpc) is 2.97. The minimum Gasteiger partial charge on any atom is -0.326 e. The van der Waals surface area contributed by atoms with Crippen LogP contribution in [0.25, 0.3) is 10.8 Å². The molecule has 5 nitrogen and oxygen atoms in total. The quantitative estimate of drug-likeness (QED) is 0.718. The van der Waals surface area contributed by atoms with E-state index in [2.05, 4.69) is 5.32 Å². The standard InChI is InChI=1S/C22H19N3O2S/c1-25-21(27)19(14-20(26)23-16-10-3-2-4-11-16)28-22(25)24-18-13-7-9-15-8-5-6-12-17(15)18/h2-13,19H,14H2,1H3,(H,23,26)/t19-/m1/s1. The molecule has 1 fully saturated rings. The topological polar surface area (TPSA) is 61.8 Å². The molecule has 1 atom stereocenters. The van der Waals surface area contributed by atoms with E-state index >= 15 is 0 Å². The average molecular weight is 389 g/mol. The molecule has 0 bridgehead atoms. The fourth-order valence-electron chi connectivity index (χ4n) is 3.11. The molecule has 0 saturated carbocycles. The summed E-state index contributed by atoms with van der Waals surface area (Å²) >= 11 is 1.33. The Morgan fingerprint density at radius 2 is 1.75 bits per heavy atom. The van der Waals surface area contributed by atoms with Crippen LogP contribution >= 0.6 is 11.8 Å². The smallest absolute Gasteiger partial charge is 0.242 e. The fraction of sp³-hybridized carbons (Fsp3) is 0.136. The van der Waals surface area contributed by atoms with Gasteiger partial charge in [0.25, 0.3) is 0 Å². The summed E-state index contributed by atoms with van der Waals surface area (Å²) in [5.74, 6) is -0.288. The van der Waals surface area contributed by atoms with Gasteiger partial charge in [-0.25, -0.2) is 4.99 Å². The number of carbonyl (C=O) groups is 2. The number of carbonyl (C=O) groups excluding carboxylic acids is 2. The van der Waals surface area contributed by atoms with Crippen LogP contribution in [0.1, 0.15) is 6.42 Å². The highest BCUT2D eigenvalue weighted by atomic mass is 32.2. The van der Waals surface area contributed by atoms with Crippen LogP contribution in [0.15, 0.2) is 77.8 Å². The number of rotatable bonds is 4. The highest BCUT2D eigenvalue weighted by molar-refractivity contribution is 8.15. The van der Waals surface area contributed by atoms with Gasteiger partial charge in [-0.1, -0.05) is 66.4 Å². The van der Waals surface area contributed by atoms with Crippen LogP contribution in [-0.2, 0) is 9.59 Å². The molecule has 0 spiro atoms. The molecule has 6 heteroatoms. The van der Waals surface area contributed by atoms with Crippen molar-refractivity contribution in [3.63, 3.8) is 0 Å². The van der Waals surface area contributed by atoms with Crippen LogP contribution in [0.2, 0.25) is 0 Å². The van der Waals surface area contributed by atoms with E-state index in [4.69, 9.17) is 4.99 Å². The van der Waals surface area contributed by atoms with E-state index in [-0.39, 0.29) is 18.2 Å². The zero-order chi connectivity index (χ0) is 19.5. The van der Waals surface area contributed by atoms with Crippen molar-refractivity contribution in [2.75, 3.05) is 12.4 Å². The van der Waals surface area contributed by atoms with E-state index in [1.807, 2.05) is 72.8 Å². The van der Waals surface area contributed by atoms with Crippen LogP contribution in [0.5, 0.6) is 0 Å². The Balaban J connectivity index is 1.52. The summed E-state index contributed by atoms with van der Waals surface area (Å²) in [6.07, 6.45) is 0.108. The van der Waals surface area contributed by atoms with Crippen molar-refractivity contribution in [1.82, 2.24) is 4.90 Å². The van der Waals surface area contributed by atoms with Crippen molar-refractivity contribution in [2.45, 2.75) is 11.7 Å². The van der Waals surface area contributed by atoms with Crippen LogP contribution in [0, 0.1) is 0 Å². The lowest BCUT2D eigenvalue weighted by molar-refractivity contribution is -0.127. The molecular weight excluding hydrogens is 370 g/mol. The maximum Gasteiger partial charge on any atom is 0.242 e. The Bertz CT molecular complexity index is 1060. The zero-order valence-corrected chi connectivity index (χ0v) is 16.1. The molecule has 1 heterocycles. The molecule has 0 radical (unpaired) electrons. The fourth-order valence-corrected chi connectivity index (χ4v) is 4.26. The summed E-state index contributed by atoms with van der Waals surface area (Å²) in [4.78, 5) is 31.2. The predicted molar refractivity (Wildman–Crippen MR) is 115 cm³/mol. The monoisotopic (exact) mass is 389 g/mol. The van der Waals surface area contributed by atoms with Gasteiger partial charge in [0.1, 0.15) is 5.25 Å². The summed E-state index contributed by atoms with van der Waals surface area (Å²) in [6, 6.07) is 23.2. The SMILES string of the molecule is CN1C(=O)[C@@H](CC(=O)Nc2ccccc2)SC1=Nc1cccc2ccccc12. The van der Waals surface area contributed by atoms with Crippen LogP contribution < -0.4 is 5.32 Å². The molecule has 0 aliphatic carbocycles. The van der Waals surface area contributed by atoms with Gasteiger partial charge in [0, 0.05) is 24.5 Å². The number of amidine groups is 1. The lowest BCUT2D eigenvalue weighted by atomic mass is 10.1. The molecule has 28 heavy (non-hydrogen) atoms. The van der Waals surface area contributed by atoms with Gasteiger partial charge in [-0.3, -0.25) is 14.5 Å². The Hall–Kier alpha value is -3.12. The van der Waals surface area contributed by atoms with Gasteiger partial charge in [0.15, 0.2) is 5.17 Å². The minimum absolute atomic E-state index is 0.104. The third kappa shape index (κ3) is 3.77. The number of amides is 2. The molecule has 0 aromatic heterocycles. The van der Waals surface area contributed by atoms with Gasteiger partial charge in [0.05, 0.1) is 5.69 Å². The number of hydrogen-bond donors (Lipinski definition) is 1. The second kappa shape index (κ2) is 7.86.